The second kappa shape index (κ2) is 12.1. The second-order valence-corrected chi connectivity index (χ2v) is 9.93. The van der Waals surface area contributed by atoms with Gasteiger partial charge in [-0.15, -0.1) is 10.2 Å². The van der Waals surface area contributed by atoms with Crippen molar-refractivity contribution < 1.29 is 19.1 Å². The maximum atomic E-state index is 13.7. The molecule has 0 spiro atoms. The van der Waals surface area contributed by atoms with Gasteiger partial charge in [0.1, 0.15) is 12.6 Å². The Morgan fingerprint density at radius 2 is 1.76 bits per heavy atom. The summed E-state index contributed by atoms with van der Waals surface area (Å²) in [5.41, 5.74) is 0.746. The van der Waals surface area contributed by atoms with Gasteiger partial charge in [0.15, 0.2) is 11.5 Å². The lowest BCUT2D eigenvalue weighted by molar-refractivity contribution is -0.128. The first-order chi connectivity index (χ1) is 17.6. The second-order valence-electron chi connectivity index (χ2n) is 9.50. The summed E-state index contributed by atoms with van der Waals surface area (Å²) in [4.78, 5) is 29.6. The summed E-state index contributed by atoms with van der Waals surface area (Å²) in [7, 11) is 3.09. The van der Waals surface area contributed by atoms with Crippen LogP contribution < -0.4 is 19.7 Å². The summed E-state index contributed by atoms with van der Waals surface area (Å²) in [5.74, 6) is 0.815. The summed E-state index contributed by atoms with van der Waals surface area (Å²) >= 11 is 6.09. The van der Waals surface area contributed by atoms with Gasteiger partial charge < -0.3 is 14.8 Å². The molecule has 0 aliphatic heterocycles. The smallest absolute Gasteiger partial charge is 0.251 e. The van der Waals surface area contributed by atoms with E-state index in [1.807, 2.05) is 27.7 Å². The Kier molecular flexibility index (Phi) is 9.09. The fraction of sp³-hybridized carbons (Fsp3) is 0.423. The van der Waals surface area contributed by atoms with Crippen molar-refractivity contribution in [2.75, 3.05) is 19.1 Å². The third kappa shape index (κ3) is 7.19. The standard InChI is InChI=1S/C26H33ClN6O4/c1-7-8-20(25(35)28-26(2,3)4)33(19-12-10-18(27)11-13-19)23(34)16-32-30-24(29-31-32)17-9-14-21(36-5)22(15-17)37-6/h9-15,20H,7-8,16H2,1-6H3,(H,28,35)/t20-/m0/s1. The Morgan fingerprint density at radius 3 is 2.35 bits per heavy atom. The van der Waals surface area contributed by atoms with E-state index in [-0.39, 0.29) is 18.4 Å². The van der Waals surface area contributed by atoms with Gasteiger partial charge >= 0.3 is 0 Å². The molecule has 0 saturated carbocycles. The van der Waals surface area contributed by atoms with Crippen molar-refractivity contribution in [1.29, 1.82) is 0 Å². The number of anilines is 1. The summed E-state index contributed by atoms with van der Waals surface area (Å²) in [6.07, 6.45) is 1.17. The van der Waals surface area contributed by atoms with Crippen molar-refractivity contribution in [3.8, 4) is 22.9 Å². The van der Waals surface area contributed by atoms with Gasteiger partial charge in [0, 0.05) is 21.8 Å². The number of nitrogens with zero attached hydrogens (tertiary/aromatic N) is 5. The highest BCUT2D eigenvalue weighted by Crippen LogP contribution is 2.31. The zero-order valence-electron chi connectivity index (χ0n) is 22.0. The van der Waals surface area contributed by atoms with Crippen LogP contribution in [0.2, 0.25) is 5.02 Å². The lowest BCUT2D eigenvalue weighted by Gasteiger charge is -2.33. The van der Waals surface area contributed by atoms with E-state index in [0.29, 0.717) is 46.4 Å². The number of rotatable bonds is 10. The zero-order chi connectivity index (χ0) is 27.2. The fourth-order valence-corrected chi connectivity index (χ4v) is 3.93. The Labute approximate surface area is 221 Å². The fourth-order valence-electron chi connectivity index (χ4n) is 3.80. The zero-order valence-corrected chi connectivity index (χ0v) is 22.7. The molecule has 0 fully saturated rings. The molecule has 2 aromatic carbocycles. The number of carbonyl (C=O) groups is 2. The first-order valence-corrected chi connectivity index (χ1v) is 12.3. The maximum Gasteiger partial charge on any atom is 0.251 e. The summed E-state index contributed by atoms with van der Waals surface area (Å²) < 4.78 is 10.6. The first kappa shape index (κ1) is 27.9. The van der Waals surface area contributed by atoms with E-state index < -0.39 is 11.6 Å². The SMILES string of the molecule is CCC[C@@H](C(=O)NC(C)(C)C)N(C(=O)Cn1nnc(-c2ccc(OC)c(OC)c2)n1)c1ccc(Cl)cc1. The number of benzene rings is 2. The molecule has 0 aliphatic carbocycles. The summed E-state index contributed by atoms with van der Waals surface area (Å²) in [6.45, 7) is 7.45. The molecule has 10 nitrogen and oxygen atoms in total. The number of nitrogens with one attached hydrogen (secondary N) is 1. The third-order valence-corrected chi connectivity index (χ3v) is 5.67. The Hall–Kier alpha value is -3.66. The van der Waals surface area contributed by atoms with Crippen LogP contribution in [0, 0.1) is 0 Å². The molecule has 0 saturated heterocycles. The quantitative estimate of drug-likeness (QED) is 0.421. The molecule has 2 amide bonds. The molecule has 3 rings (SSSR count). The van der Waals surface area contributed by atoms with Gasteiger partial charge in [0.05, 0.1) is 14.2 Å². The lowest BCUT2D eigenvalue weighted by atomic mass is 10.0. The molecule has 0 bridgehead atoms. The highest BCUT2D eigenvalue weighted by Gasteiger charge is 2.33. The van der Waals surface area contributed by atoms with Crippen molar-refractivity contribution in [2.45, 2.75) is 58.7 Å². The van der Waals surface area contributed by atoms with Crippen LogP contribution >= 0.6 is 11.6 Å². The minimum atomic E-state index is -0.730. The third-order valence-electron chi connectivity index (χ3n) is 5.42. The highest BCUT2D eigenvalue weighted by molar-refractivity contribution is 6.30. The van der Waals surface area contributed by atoms with Gasteiger partial charge in [0.2, 0.25) is 11.7 Å². The maximum absolute atomic E-state index is 13.7. The van der Waals surface area contributed by atoms with Gasteiger partial charge in [-0.25, -0.2) is 0 Å². The molecule has 3 aromatic rings. The van der Waals surface area contributed by atoms with Crippen LogP contribution in [-0.4, -0.2) is 57.8 Å². The molecule has 1 aromatic heterocycles. The number of halogens is 1. The summed E-state index contributed by atoms with van der Waals surface area (Å²) in [6, 6.07) is 11.3. The van der Waals surface area contributed by atoms with Gasteiger partial charge in [-0.1, -0.05) is 24.9 Å². The van der Waals surface area contributed by atoms with E-state index in [2.05, 4.69) is 20.7 Å². The van der Waals surface area contributed by atoms with Crippen LogP contribution in [0.4, 0.5) is 5.69 Å². The number of ether oxygens (including phenoxy) is 2. The van der Waals surface area contributed by atoms with Crippen molar-refractivity contribution in [1.82, 2.24) is 25.5 Å². The lowest BCUT2D eigenvalue weighted by Crippen LogP contribution is -2.54. The Balaban J connectivity index is 1.92. The monoisotopic (exact) mass is 528 g/mol. The van der Waals surface area contributed by atoms with Crippen LogP contribution in [-0.2, 0) is 16.1 Å². The van der Waals surface area contributed by atoms with Crippen LogP contribution in [0.5, 0.6) is 11.5 Å². The predicted molar refractivity (Wildman–Crippen MR) is 142 cm³/mol. The van der Waals surface area contributed by atoms with Gasteiger partial charge in [0.25, 0.3) is 5.91 Å². The Morgan fingerprint density at radius 1 is 1.08 bits per heavy atom. The Bertz CT molecular complexity index is 1220. The molecule has 37 heavy (non-hydrogen) atoms. The van der Waals surface area contributed by atoms with E-state index >= 15 is 0 Å². The number of hydrogen-bond acceptors (Lipinski definition) is 7. The number of hydrogen-bond donors (Lipinski definition) is 1. The van der Waals surface area contributed by atoms with Gasteiger partial charge in [-0.2, -0.15) is 4.80 Å². The minimum absolute atomic E-state index is 0.216. The molecule has 1 N–H and O–H groups in total. The average Bonchev–Trinajstić information content (AvgIpc) is 3.31. The van der Waals surface area contributed by atoms with Crippen molar-refractivity contribution in [2.24, 2.45) is 0 Å². The predicted octanol–water partition coefficient (Wildman–Crippen LogP) is 4.13. The van der Waals surface area contributed by atoms with Crippen LogP contribution in [0.25, 0.3) is 11.4 Å². The van der Waals surface area contributed by atoms with Gasteiger partial charge in [-0.05, 0) is 74.9 Å². The molecule has 1 heterocycles. The number of tetrazole rings is 1. The number of amides is 2. The first-order valence-electron chi connectivity index (χ1n) is 12.0. The normalized spacial score (nSPS) is 12.1. The average molecular weight is 529 g/mol. The van der Waals surface area contributed by atoms with Crippen molar-refractivity contribution >= 4 is 29.1 Å². The molecule has 11 heteroatoms. The number of carbonyl (C=O) groups excluding carboxylic acids is 2. The molecular weight excluding hydrogens is 496 g/mol. The van der Waals surface area contributed by atoms with E-state index in [4.69, 9.17) is 21.1 Å². The minimum Gasteiger partial charge on any atom is -0.493 e. The number of aromatic nitrogens is 4. The van der Waals surface area contributed by atoms with Crippen molar-refractivity contribution in [3.63, 3.8) is 0 Å². The van der Waals surface area contributed by atoms with Crippen LogP contribution in [0.15, 0.2) is 42.5 Å². The molecule has 1 atom stereocenters. The van der Waals surface area contributed by atoms with Crippen molar-refractivity contribution in [3.05, 3.63) is 47.5 Å². The van der Waals surface area contributed by atoms with E-state index in [1.54, 1.807) is 56.7 Å². The largest absolute Gasteiger partial charge is 0.493 e. The van der Waals surface area contributed by atoms with E-state index in [1.165, 1.54) is 9.70 Å². The molecule has 0 aliphatic rings. The molecular formula is C26H33ClN6O4. The molecule has 0 unspecified atom stereocenters. The summed E-state index contributed by atoms with van der Waals surface area (Å²) in [5, 5.41) is 16.1. The van der Waals surface area contributed by atoms with Gasteiger partial charge in [-0.3, -0.25) is 14.5 Å². The topological polar surface area (TPSA) is 111 Å². The van der Waals surface area contributed by atoms with Crippen LogP contribution in [0.3, 0.4) is 0 Å². The van der Waals surface area contributed by atoms with E-state index in [9.17, 15) is 9.59 Å². The molecule has 198 valence electrons. The van der Waals surface area contributed by atoms with Crippen LogP contribution in [0.1, 0.15) is 40.5 Å². The highest BCUT2D eigenvalue weighted by atomic mass is 35.5. The van der Waals surface area contributed by atoms with E-state index in [0.717, 1.165) is 0 Å². The number of methoxy groups -OCH3 is 2. The molecule has 0 radical (unpaired) electrons.